The number of carbonyl (C=O) groups excluding carboxylic acids is 3. The molecule has 6 heteroatoms. The van der Waals surface area contributed by atoms with Gasteiger partial charge in [-0.2, -0.15) is 0 Å². The number of ketones is 1. The highest BCUT2D eigenvalue weighted by molar-refractivity contribution is 6.38. The molecule has 0 aliphatic carbocycles. The average molecular weight is 285 g/mol. The van der Waals surface area contributed by atoms with Crippen molar-refractivity contribution >= 4 is 17.6 Å². The SMILES string of the molecule is CCCC(CC)CNC(=O)C(=O)C(C)NC(=O)CNC. The average Bonchev–Trinajstić information content (AvgIpc) is 2.42. The van der Waals surface area contributed by atoms with Crippen molar-refractivity contribution in [3.63, 3.8) is 0 Å². The Morgan fingerprint density at radius 3 is 2.30 bits per heavy atom. The normalized spacial score (nSPS) is 13.4. The molecule has 0 aromatic carbocycles. The van der Waals surface area contributed by atoms with Crippen molar-refractivity contribution in [3.05, 3.63) is 0 Å². The molecule has 0 saturated carbocycles. The topological polar surface area (TPSA) is 87.3 Å². The number of nitrogens with one attached hydrogen (secondary N) is 3. The summed E-state index contributed by atoms with van der Waals surface area (Å²) in [5, 5.41) is 7.80. The number of hydrogen-bond acceptors (Lipinski definition) is 4. The highest BCUT2D eigenvalue weighted by Gasteiger charge is 2.22. The number of likely N-dealkylation sites (N-methyl/N-ethyl adjacent to an activating group) is 1. The number of carbonyl (C=O) groups is 3. The van der Waals surface area contributed by atoms with E-state index in [1.54, 1.807) is 7.05 Å². The Kier molecular flexibility index (Phi) is 9.63. The number of rotatable bonds is 10. The molecule has 0 aromatic heterocycles. The third-order valence-electron chi connectivity index (χ3n) is 3.16. The van der Waals surface area contributed by atoms with Crippen LogP contribution in [0.1, 0.15) is 40.0 Å². The highest BCUT2D eigenvalue weighted by Crippen LogP contribution is 2.08. The maximum absolute atomic E-state index is 11.8. The zero-order valence-electron chi connectivity index (χ0n) is 12.9. The summed E-state index contributed by atoms with van der Waals surface area (Å²) in [5.41, 5.74) is 0. The van der Waals surface area contributed by atoms with Crippen LogP contribution in [0.5, 0.6) is 0 Å². The lowest BCUT2D eigenvalue weighted by molar-refractivity contribution is -0.139. The Bertz CT molecular complexity index is 332. The second-order valence-electron chi connectivity index (χ2n) is 4.96. The molecule has 0 aromatic rings. The van der Waals surface area contributed by atoms with Gasteiger partial charge in [0.1, 0.15) is 0 Å². The van der Waals surface area contributed by atoms with Gasteiger partial charge >= 0.3 is 0 Å². The molecule has 20 heavy (non-hydrogen) atoms. The van der Waals surface area contributed by atoms with Crippen LogP contribution >= 0.6 is 0 Å². The van der Waals surface area contributed by atoms with Gasteiger partial charge in [-0.15, -0.1) is 0 Å². The third kappa shape index (κ3) is 7.23. The highest BCUT2D eigenvalue weighted by atomic mass is 16.2. The van der Waals surface area contributed by atoms with Crippen molar-refractivity contribution in [1.29, 1.82) is 0 Å². The van der Waals surface area contributed by atoms with Crippen LogP contribution < -0.4 is 16.0 Å². The quantitative estimate of drug-likeness (QED) is 0.501. The molecule has 6 nitrogen and oxygen atoms in total. The van der Waals surface area contributed by atoms with E-state index in [4.69, 9.17) is 0 Å². The fraction of sp³-hybridized carbons (Fsp3) is 0.786. The van der Waals surface area contributed by atoms with Crippen molar-refractivity contribution in [3.8, 4) is 0 Å². The second-order valence-corrected chi connectivity index (χ2v) is 4.96. The summed E-state index contributed by atoms with van der Waals surface area (Å²) >= 11 is 0. The first kappa shape index (κ1) is 18.6. The van der Waals surface area contributed by atoms with E-state index >= 15 is 0 Å². The van der Waals surface area contributed by atoms with Crippen molar-refractivity contribution in [2.45, 2.75) is 46.1 Å². The van der Waals surface area contributed by atoms with E-state index in [1.165, 1.54) is 6.92 Å². The Hall–Kier alpha value is -1.43. The van der Waals surface area contributed by atoms with Crippen molar-refractivity contribution in [2.75, 3.05) is 20.1 Å². The van der Waals surface area contributed by atoms with Gasteiger partial charge in [0.15, 0.2) is 0 Å². The Morgan fingerprint density at radius 1 is 1.15 bits per heavy atom. The van der Waals surface area contributed by atoms with Gasteiger partial charge < -0.3 is 16.0 Å². The Balaban J connectivity index is 4.19. The molecule has 2 unspecified atom stereocenters. The van der Waals surface area contributed by atoms with E-state index in [-0.39, 0.29) is 12.5 Å². The first-order valence-electron chi connectivity index (χ1n) is 7.22. The lowest BCUT2D eigenvalue weighted by atomic mass is 10.0. The minimum atomic E-state index is -0.804. The Labute approximate surface area is 121 Å². The van der Waals surface area contributed by atoms with Gasteiger partial charge in [0.2, 0.25) is 11.7 Å². The molecule has 0 aliphatic heterocycles. The van der Waals surface area contributed by atoms with Crippen molar-refractivity contribution in [1.82, 2.24) is 16.0 Å². The molecule has 0 fully saturated rings. The number of amides is 2. The lowest BCUT2D eigenvalue weighted by Gasteiger charge is -2.16. The molecule has 0 saturated heterocycles. The molecule has 0 heterocycles. The van der Waals surface area contributed by atoms with Gasteiger partial charge in [-0.3, -0.25) is 14.4 Å². The van der Waals surface area contributed by atoms with E-state index < -0.39 is 17.7 Å². The molecular weight excluding hydrogens is 258 g/mol. The summed E-state index contributed by atoms with van der Waals surface area (Å²) in [6.45, 7) is 6.29. The minimum absolute atomic E-state index is 0.119. The van der Waals surface area contributed by atoms with E-state index in [1.807, 2.05) is 0 Å². The first-order chi connectivity index (χ1) is 9.46. The summed E-state index contributed by atoms with van der Waals surface area (Å²) < 4.78 is 0. The maximum atomic E-state index is 11.8. The molecule has 3 N–H and O–H groups in total. The third-order valence-corrected chi connectivity index (χ3v) is 3.16. The van der Waals surface area contributed by atoms with E-state index in [0.717, 1.165) is 19.3 Å². The van der Waals surface area contributed by atoms with Gasteiger partial charge in [0, 0.05) is 6.54 Å². The monoisotopic (exact) mass is 285 g/mol. The zero-order chi connectivity index (χ0) is 15.5. The molecule has 2 atom stereocenters. The van der Waals surface area contributed by atoms with Crippen LogP contribution in [0.15, 0.2) is 0 Å². The van der Waals surface area contributed by atoms with Gasteiger partial charge in [-0.1, -0.05) is 26.7 Å². The molecular formula is C14H27N3O3. The van der Waals surface area contributed by atoms with Crippen LogP contribution in [0, 0.1) is 5.92 Å². The van der Waals surface area contributed by atoms with Crippen LogP contribution in [0.25, 0.3) is 0 Å². The van der Waals surface area contributed by atoms with Crippen LogP contribution in [0.2, 0.25) is 0 Å². The molecule has 0 rings (SSSR count). The summed E-state index contributed by atoms with van der Waals surface area (Å²) in [6, 6.07) is -0.804. The number of hydrogen-bond donors (Lipinski definition) is 3. The molecule has 0 spiro atoms. The van der Waals surface area contributed by atoms with E-state index in [9.17, 15) is 14.4 Å². The van der Waals surface area contributed by atoms with Crippen LogP contribution in [0.3, 0.4) is 0 Å². The van der Waals surface area contributed by atoms with Crippen LogP contribution in [0.4, 0.5) is 0 Å². The summed E-state index contributed by atoms with van der Waals surface area (Å²) in [4.78, 5) is 34.8. The van der Waals surface area contributed by atoms with E-state index in [2.05, 4.69) is 29.8 Å². The zero-order valence-corrected chi connectivity index (χ0v) is 12.9. The maximum Gasteiger partial charge on any atom is 0.289 e. The van der Waals surface area contributed by atoms with Crippen molar-refractivity contribution < 1.29 is 14.4 Å². The lowest BCUT2D eigenvalue weighted by Crippen LogP contribution is -2.48. The second kappa shape index (κ2) is 10.4. The van der Waals surface area contributed by atoms with E-state index in [0.29, 0.717) is 12.5 Å². The fourth-order valence-electron chi connectivity index (χ4n) is 1.90. The summed E-state index contributed by atoms with van der Waals surface area (Å²) in [7, 11) is 1.64. The minimum Gasteiger partial charge on any atom is -0.349 e. The predicted octanol–water partition coefficient (Wildman–Crippen LogP) is 0.222. The predicted molar refractivity (Wildman–Crippen MR) is 78.2 cm³/mol. The molecule has 2 amide bonds. The van der Waals surface area contributed by atoms with Gasteiger partial charge in [0.25, 0.3) is 5.91 Å². The first-order valence-corrected chi connectivity index (χ1v) is 7.22. The standard InChI is InChI=1S/C14H27N3O3/c1-5-7-11(6-2)8-16-14(20)13(19)10(3)17-12(18)9-15-4/h10-11,15H,5-9H2,1-4H3,(H,16,20)(H,17,18). The van der Waals surface area contributed by atoms with Gasteiger partial charge in [-0.25, -0.2) is 0 Å². The van der Waals surface area contributed by atoms with Crippen LogP contribution in [-0.2, 0) is 14.4 Å². The van der Waals surface area contributed by atoms with Gasteiger partial charge in [0.05, 0.1) is 12.6 Å². The fourth-order valence-corrected chi connectivity index (χ4v) is 1.90. The summed E-state index contributed by atoms with van der Waals surface area (Å²) in [6.07, 6.45) is 3.05. The molecule has 116 valence electrons. The van der Waals surface area contributed by atoms with Gasteiger partial charge in [-0.05, 0) is 26.3 Å². The number of Topliss-reactive ketones (excluding diaryl/α,β-unsaturated/α-hetero) is 1. The molecule has 0 radical (unpaired) electrons. The molecule has 0 aliphatic rings. The largest absolute Gasteiger partial charge is 0.349 e. The van der Waals surface area contributed by atoms with Crippen LogP contribution in [-0.4, -0.2) is 43.8 Å². The molecule has 0 bridgehead atoms. The summed E-state index contributed by atoms with van der Waals surface area (Å²) in [5.74, 6) is -1.15. The smallest absolute Gasteiger partial charge is 0.289 e. The Morgan fingerprint density at radius 2 is 1.80 bits per heavy atom. The van der Waals surface area contributed by atoms with Crippen molar-refractivity contribution in [2.24, 2.45) is 5.92 Å².